The quantitative estimate of drug-likeness (QED) is 0.147. The van der Waals surface area contributed by atoms with E-state index in [2.05, 4.69) is 23.8 Å². The highest BCUT2D eigenvalue weighted by atomic mass is 16.6. The van der Waals surface area contributed by atoms with Crippen LogP contribution in [0.5, 0.6) is 0 Å². The third-order valence-corrected chi connectivity index (χ3v) is 4.57. The van der Waals surface area contributed by atoms with Crippen LogP contribution in [0.1, 0.15) is 103 Å². The van der Waals surface area contributed by atoms with Gasteiger partial charge in [0.2, 0.25) is 0 Å². The van der Waals surface area contributed by atoms with Gasteiger partial charge in [0.15, 0.2) is 0 Å². The molecule has 0 heterocycles. The summed E-state index contributed by atoms with van der Waals surface area (Å²) in [5, 5.41) is 8.60. The molecule has 0 aliphatic heterocycles. The lowest BCUT2D eigenvalue weighted by molar-refractivity contribution is -0.161. The van der Waals surface area contributed by atoms with Crippen molar-refractivity contribution in [2.24, 2.45) is 5.73 Å². The zero-order chi connectivity index (χ0) is 21.0. The Morgan fingerprint density at radius 2 is 1.32 bits per heavy atom. The largest absolute Gasteiger partial charge is 0.480 e. The summed E-state index contributed by atoms with van der Waals surface area (Å²) in [6.45, 7) is 2.24. The molecule has 6 nitrogen and oxygen atoms in total. The molecule has 0 aromatic rings. The maximum atomic E-state index is 11.5. The summed E-state index contributed by atoms with van der Waals surface area (Å²) in [7, 11) is 0. The van der Waals surface area contributed by atoms with Gasteiger partial charge in [-0.15, -0.1) is 0 Å². The summed E-state index contributed by atoms with van der Waals surface area (Å²) in [4.78, 5) is 33.4. The average Bonchev–Trinajstić information content (AvgIpc) is 2.64. The highest BCUT2D eigenvalue weighted by Gasteiger charge is 2.19. The van der Waals surface area contributed by atoms with Crippen molar-refractivity contribution in [3.8, 4) is 0 Å². The van der Waals surface area contributed by atoms with Crippen LogP contribution in [0.3, 0.4) is 0 Å². The van der Waals surface area contributed by atoms with Crippen LogP contribution >= 0.6 is 0 Å². The first-order valence-electron chi connectivity index (χ1n) is 10.8. The van der Waals surface area contributed by atoms with Crippen molar-refractivity contribution in [1.82, 2.24) is 0 Å². The molecule has 0 unspecified atom stereocenters. The third kappa shape index (κ3) is 17.7. The van der Waals surface area contributed by atoms with Gasteiger partial charge < -0.3 is 15.6 Å². The first kappa shape index (κ1) is 26.3. The summed E-state index contributed by atoms with van der Waals surface area (Å²) in [5.41, 5.74) is 5.21. The molecule has 0 bridgehead atoms. The molecule has 0 radical (unpaired) electrons. The second-order valence-corrected chi connectivity index (χ2v) is 7.33. The maximum absolute atomic E-state index is 11.5. The number of carboxylic acid groups (broad SMARTS) is 1. The van der Waals surface area contributed by atoms with E-state index >= 15 is 0 Å². The second-order valence-electron chi connectivity index (χ2n) is 7.33. The number of carbonyl (C=O) groups is 3. The summed E-state index contributed by atoms with van der Waals surface area (Å²) in [6, 6.07) is -1.33. The lowest BCUT2D eigenvalue weighted by Crippen LogP contribution is -2.33. The van der Waals surface area contributed by atoms with Gasteiger partial charge in [-0.1, -0.05) is 70.4 Å². The van der Waals surface area contributed by atoms with Gasteiger partial charge in [0.1, 0.15) is 6.04 Å². The van der Waals surface area contributed by atoms with Gasteiger partial charge in [-0.3, -0.25) is 14.4 Å². The molecule has 0 saturated heterocycles. The molecule has 6 heteroatoms. The molecule has 3 N–H and O–H groups in total. The zero-order valence-electron chi connectivity index (χ0n) is 17.5. The average molecular weight is 398 g/mol. The Morgan fingerprint density at radius 1 is 0.821 bits per heavy atom. The van der Waals surface area contributed by atoms with E-state index in [1.54, 1.807) is 0 Å². The SMILES string of the molecule is CCCCCCCC/C=C\CCCCCCCC(=O)OC(=O)C[C@H](N)C(=O)O. The first-order chi connectivity index (χ1) is 13.5. The number of aliphatic carboxylic acids is 1. The minimum absolute atomic E-state index is 0.173. The van der Waals surface area contributed by atoms with Crippen molar-refractivity contribution in [2.45, 2.75) is 109 Å². The summed E-state index contributed by atoms with van der Waals surface area (Å²) >= 11 is 0. The molecule has 28 heavy (non-hydrogen) atoms. The smallest absolute Gasteiger partial charge is 0.321 e. The van der Waals surface area contributed by atoms with Gasteiger partial charge in [-0.05, 0) is 32.1 Å². The van der Waals surface area contributed by atoms with Crippen molar-refractivity contribution < 1.29 is 24.2 Å². The number of unbranched alkanes of at least 4 members (excludes halogenated alkanes) is 11. The van der Waals surface area contributed by atoms with Crippen LogP contribution in [0.15, 0.2) is 12.2 Å². The molecule has 1 atom stereocenters. The summed E-state index contributed by atoms with van der Waals surface area (Å²) < 4.78 is 4.56. The molecular formula is C22H39NO5. The fraction of sp³-hybridized carbons (Fsp3) is 0.773. The van der Waals surface area contributed by atoms with Crippen LogP contribution in [0.4, 0.5) is 0 Å². The molecule has 0 aliphatic carbocycles. The van der Waals surface area contributed by atoms with Gasteiger partial charge in [-0.25, -0.2) is 0 Å². The van der Waals surface area contributed by atoms with Gasteiger partial charge in [-0.2, -0.15) is 0 Å². The normalized spacial score (nSPS) is 12.2. The number of allylic oxidation sites excluding steroid dienone is 2. The highest BCUT2D eigenvalue weighted by molar-refractivity contribution is 5.88. The molecule has 0 amide bonds. The lowest BCUT2D eigenvalue weighted by Gasteiger charge is -2.06. The number of carbonyl (C=O) groups excluding carboxylic acids is 2. The van der Waals surface area contributed by atoms with E-state index in [0.717, 1.165) is 32.1 Å². The summed E-state index contributed by atoms with van der Waals surface area (Å²) in [5.74, 6) is -2.78. The fourth-order valence-corrected chi connectivity index (χ4v) is 2.83. The molecule has 0 aromatic heterocycles. The second kappa shape index (κ2) is 18.7. The third-order valence-electron chi connectivity index (χ3n) is 4.57. The number of esters is 2. The van der Waals surface area contributed by atoms with Crippen LogP contribution in [0.2, 0.25) is 0 Å². The van der Waals surface area contributed by atoms with Crippen LogP contribution in [0, 0.1) is 0 Å². The maximum Gasteiger partial charge on any atom is 0.321 e. The zero-order valence-corrected chi connectivity index (χ0v) is 17.5. The number of nitrogens with two attached hydrogens (primary N) is 1. The molecule has 0 aliphatic rings. The van der Waals surface area contributed by atoms with Crippen LogP contribution < -0.4 is 5.73 Å². The van der Waals surface area contributed by atoms with Crippen molar-refractivity contribution in [2.75, 3.05) is 0 Å². The molecule has 0 aromatic carbocycles. The van der Waals surface area contributed by atoms with E-state index in [1.807, 2.05) is 0 Å². The Balaban J connectivity index is 3.42. The van der Waals surface area contributed by atoms with Gasteiger partial charge in [0, 0.05) is 6.42 Å². The molecule has 0 rings (SSSR count). The highest BCUT2D eigenvalue weighted by Crippen LogP contribution is 2.10. The van der Waals surface area contributed by atoms with Crippen molar-refractivity contribution >= 4 is 17.9 Å². The van der Waals surface area contributed by atoms with E-state index in [4.69, 9.17) is 10.8 Å². The number of hydrogen-bond donors (Lipinski definition) is 2. The molecule has 162 valence electrons. The Morgan fingerprint density at radius 3 is 1.86 bits per heavy atom. The van der Waals surface area contributed by atoms with Gasteiger partial charge in [0.05, 0.1) is 6.42 Å². The predicted molar refractivity (Wildman–Crippen MR) is 111 cm³/mol. The first-order valence-corrected chi connectivity index (χ1v) is 10.8. The van der Waals surface area contributed by atoms with E-state index in [0.29, 0.717) is 6.42 Å². The van der Waals surface area contributed by atoms with E-state index in [1.165, 1.54) is 44.9 Å². The van der Waals surface area contributed by atoms with Crippen molar-refractivity contribution in [1.29, 1.82) is 0 Å². The number of hydrogen-bond acceptors (Lipinski definition) is 5. The van der Waals surface area contributed by atoms with Crippen LogP contribution in [-0.2, 0) is 19.1 Å². The molecule has 0 fully saturated rings. The fourth-order valence-electron chi connectivity index (χ4n) is 2.83. The number of rotatable bonds is 18. The van der Waals surface area contributed by atoms with Crippen LogP contribution in [-0.4, -0.2) is 29.1 Å². The van der Waals surface area contributed by atoms with Gasteiger partial charge >= 0.3 is 17.9 Å². The molecular weight excluding hydrogens is 358 g/mol. The Kier molecular flexibility index (Phi) is 17.5. The molecule has 0 saturated carbocycles. The van der Waals surface area contributed by atoms with E-state index < -0.39 is 30.4 Å². The van der Waals surface area contributed by atoms with E-state index in [-0.39, 0.29) is 6.42 Å². The standard InChI is InChI=1S/C22H39NO5/c1-2-3-4-5-6-7-8-9-10-11-12-13-14-15-16-17-20(24)28-21(25)18-19(23)22(26)27/h9-10,19H,2-8,11-18,23H2,1H3,(H,26,27)/b10-9-/t19-/m0/s1. The van der Waals surface area contributed by atoms with Crippen molar-refractivity contribution in [3.05, 3.63) is 12.2 Å². The van der Waals surface area contributed by atoms with Gasteiger partial charge in [0.25, 0.3) is 0 Å². The van der Waals surface area contributed by atoms with Crippen molar-refractivity contribution in [3.63, 3.8) is 0 Å². The predicted octanol–water partition coefficient (Wildman–Crippen LogP) is 4.90. The monoisotopic (exact) mass is 397 g/mol. The Bertz CT molecular complexity index is 462. The minimum Gasteiger partial charge on any atom is -0.480 e. The Labute approximate surface area is 169 Å². The topological polar surface area (TPSA) is 107 Å². The summed E-state index contributed by atoms with van der Waals surface area (Å²) in [6.07, 6.45) is 19.5. The molecule has 0 spiro atoms. The minimum atomic E-state index is -1.33. The Hall–Kier alpha value is -1.69. The number of ether oxygens (including phenoxy) is 1. The van der Waals surface area contributed by atoms with Crippen LogP contribution in [0.25, 0.3) is 0 Å². The number of carboxylic acids is 1. The lowest BCUT2D eigenvalue weighted by atomic mass is 10.1. The van der Waals surface area contributed by atoms with E-state index in [9.17, 15) is 14.4 Å².